The van der Waals surface area contributed by atoms with Crippen molar-refractivity contribution < 1.29 is 9.41 Å². The molecule has 0 spiro atoms. The van der Waals surface area contributed by atoms with Crippen LogP contribution in [0.1, 0.15) is 12.0 Å². The lowest BCUT2D eigenvalue weighted by molar-refractivity contribution is 0.563. The molecule has 4 rings (SSSR count). The summed E-state index contributed by atoms with van der Waals surface area (Å²) < 4.78 is 14.4. The number of nitrogen functional groups attached to an aromatic ring is 1. The van der Waals surface area contributed by atoms with Gasteiger partial charge in [-0.2, -0.15) is 10.2 Å². The molecule has 6 heteroatoms. The third-order valence-electron chi connectivity index (χ3n) is 4.50. The van der Waals surface area contributed by atoms with Gasteiger partial charge >= 0.3 is 6.92 Å². The third kappa shape index (κ3) is 2.35. The van der Waals surface area contributed by atoms with Crippen LogP contribution in [-0.4, -0.2) is 22.1 Å². The van der Waals surface area contributed by atoms with E-state index in [4.69, 9.17) is 5.73 Å². The second-order valence-electron chi connectivity index (χ2n) is 5.97. The molecule has 23 heavy (non-hydrogen) atoms. The summed E-state index contributed by atoms with van der Waals surface area (Å²) >= 11 is 0. The highest BCUT2D eigenvalue weighted by atomic mass is 19.1. The molecular weight excluding hydrogens is 292 g/mol. The maximum absolute atomic E-state index is 14.4. The van der Waals surface area contributed by atoms with E-state index in [1.807, 2.05) is 24.3 Å². The van der Waals surface area contributed by atoms with E-state index in [1.165, 1.54) is 12.3 Å². The summed E-state index contributed by atoms with van der Waals surface area (Å²) in [4.78, 5) is 0. The highest BCUT2D eigenvalue weighted by Crippen LogP contribution is 2.28. The molecule has 114 valence electrons. The number of hydrogen-bond acceptors (Lipinski definition) is 4. The van der Waals surface area contributed by atoms with Gasteiger partial charge in [0.25, 0.3) is 0 Å². The van der Waals surface area contributed by atoms with Gasteiger partial charge in [-0.05, 0) is 53.1 Å². The first-order valence-corrected chi connectivity index (χ1v) is 7.65. The maximum atomic E-state index is 14.4. The van der Waals surface area contributed by atoms with E-state index in [9.17, 15) is 9.41 Å². The Morgan fingerprint density at radius 2 is 2.04 bits per heavy atom. The van der Waals surface area contributed by atoms with Gasteiger partial charge in [-0.3, -0.25) is 0 Å². The van der Waals surface area contributed by atoms with Crippen molar-refractivity contribution in [2.24, 2.45) is 0 Å². The minimum atomic E-state index is -0.593. The predicted octanol–water partition coefficient (Wildman–Crippen LogP) is 2.16. The molecule has 0 fully saturated rings. The number of benzene rings is 2. The SMILES string of the molecule is Nc1cnnc2cc(-c3cc(F)c4c(c3)B(O)CCC4)ccc12. The Balaban J connectivity index is 1.88. The van der Waals surface area contributed by atoms with Crippen LogP contribution in [-0.2, 0) is 6.42 Å². The Kier molecular flexibility index (Phi) is 3.27. The first-order valence-electron chi connectivity index (χ1n) is 7.65. The third-order valence-corrected chi connectivity index (χ3v) is 4.50. The molecule has 1 aliphatic rings. The van der Waals surface area contributed by atoms with Crippen molar-refractivity contribution in [2.75, 3.05) is 5.73 Å². The zero-order chi connectivity index (χ0) is 16.0. The lowest BCUT2D eigenvalue weighted by Crippen LogP contribution is -2.37. The molecule has 0 radical (unpaired) electrons. The van der Waals surface area contributed by atoms with Crippen molar-refractivity contribution in [3.63, 3.8) is 0 Å². The van der Waals surface area contributed by atoms with E-state index < -0.39 is 6.92 Å². The predicted molar refractivity (Wildman–Crippen MR) is 90.1 cm³/mol. The van der Waals surface area contributed by atoms with E-state index in [0.717, 1.165) is 22.9 Å². The molecule has 0 saturated carbocycles. The smallest absolute Gasteiger partial charge is 0.324 e. The monoisotopic (exact) mass is 307 g/mol. The standard InChI is InChI=1S/C17H15BFN3O/c19-15-7-11(6-14-12(15)2-1-5-18(14)23)10-3-4-13-16(20)9-21-22-17(13)8-10/h3-4,6-9,23H,1-2,5H2,(H2,20,22). The molecule has 0 saturated heterocycles. The number of rotatable bonds is 1. The van der Waals surface area contributed by atoms with Gasteiger partial charge in [-0.25, -0.2) is 4.39 Å². The van der Waals surface area contributed by atoms with Crippen molar-refractivity contribution in [3.8, 4) is 11.1 Å². The van der Waals surface area contributed by atoms with Gasteiger partial charge in [0, 0.05) is 5.39 Å². The molecule has 0 aliphatic carbocycles. The van der Waals surface area contributed by atoms with Gasteiger partial charge in [0.1, 0.15) is 5.82 Å². The van der Waals surface area contributed by atoms with Crippen molar-refractivity contribution >= 4 is 29.0 Å². The molecule has 1 aromatic heterocycles. The summed E-state index contributed by atoms with van der Waals surface area (Å²) in [5, 5.41) is 18.9. The number of hydrogen-bond donors (Lipinski definition) is 2. The zero-order valence-electron chi connectivity index (χ0n) is 12.5. The minimum absolute atomic E-state index is 0.255. The second kappa shape index (κ2) is 5.31. The molecule has 1 aliphatic heterocycles. The fourth-order valence-corrected chi connectivity index (χ4v) is 3.27. The largest absolute Gasteiger partial charge is 0.446 e. The number of anilines is 1. The van der Waals surface area contributed by atoms with E-state index in [2.05, 4.69) is 10.2 Å². The molecule has 0 atom stereocenters. The van der Waals surface area contributed by atoms with Crippen LogP contribution in [0.4, 0.5) is 10.1 Å². The Labute approximate surface area is 133 Å². The van der Waals surface area contributed by atoms with Crippen LogP contribution in [0.25, 0.3) is 22.0 Å². The summed E-state index contributed by atoms with van der Waals surface area (Å²) in [6, 6.07) is 9.00. The maximum Gasteiger partial charge on any atom is 0.324 e. The van der Waals surface area contributed by atoms with Gasteiger partial charge in [0.2, 0.25) is 0 Å². The Morgan fingerprint density at radius 3 is 2.91 bits per heavy atom. The second-order valence-corrected chi connectivity index (χ2v) is 5.97. The molecule has 2 aromatic carbocycles. The highest BCUT2D eigenvalue weighted by Gasteiger charge is 2.25. The summed E-state index contributed by atoms with van der Waals surface area (Å²) in [7, 11) is 0. The molecule has 0 bridgehead atoms. The average Bonchev–Trinajstić information content (AvgIpc) is 2.55. The van der Waals surface area contributed by atoms with Crippen LogP contribution in [0, 0.1) is 5.82 Å². The Hall–Kier alpha value is -2.47. The van der Waals surface area contributed by atoms with Crippen LogP contribution >= 0.6 is 0 Å². The molecule has 3 N–H and O–H groups in total. The fourth-order valence-electron chi connectivity index (χ4n) is 3.27. The topological polar surface area (TPSA) is 72.0 Å². The van der Waals surface area contributed by atoms with E-state index >= 15 is 0 Å². The Morgan fingerprint density at radius 1 is 1.17 bits per heavy atom. The average molecular weight is 307 g/mol. The summed E-state index contributed by atoms with van der Waals surface area (Å²) in [6.07, 6.45) is 3.68. The van der Waals surface area contributed by atoms with Crippen LogP contribution in [0.15, 0.2) is 36.5 Å². The van der Waals surface area contributed by atoms with Crippen molar-refractivity contribution in [1.82, 2.24) is 10.2 Å². The summed E-state index contributed by atoms with van der Waals surface area (Å²) in [5.74, 6) is -0.255. The normalized spacial score (nSPS) is 14.1. The summed E-state index contributed by atoms with van der Waals surface area (Å²) in [5.41, 5.74) is 10.0. The first kappa shape index (κ1) is 14.1. The van der Waals surface area contributed by atoms with Gasteiger partial charge in [0.15, 0.2) is 0 Å². The van der Waals surface area contributed by atoms with Crippen LogP contribution in [0.2, 0.25) is 6.32 Å². The van der Waals surface area contributed by atoms with Gasteiger partial charge in [0.05, 0.1) is 17.4 Å². The molecular formula is C17H15BFN3O. The lowest BCUT2D eigenvalue weighted by Gasteiger charge is -2.20. The molecule has 2 heterocycles. The number of halogens is 1. The number of nitrogens with zero attached hydrogens (tertiary/aromatic N) is 2. The molecule has 4 nitrogen and oxygen atoms in total. The van der Waals surface area contributed by atoms with Crippen molar-refractivity contribution in [2.45, 2.75) is 19.2 Å². The molecule has 3 aromatic rings. The fraction of sp³-hybridized carbons (Fsp3) is 0.176. The van der Waals surface area contributed by atoms with E-state index in [-0.39, 0.29) is 5.82 Å². The molecule has 0 amide bonds. The zero-order valence-corrected chi connectivity index (χ0v) is 12.5. The van der Waals surface area contributed by atoms with Crippen molar-refractivity contribution in [1.29, 1.82) is 0 Å². The summed E-state index contributed by atoms with van der Waals surface area (Å²) in [6.45, 7) is -0.593. The number of fused-ring (bicyclic) bond motifs is 2. The Bertz CT molecular complexity index is 916. The number of aromatic nitrogens is 2. The number of nitrogens with two attached hydrogens (primary N) is 1. The van der Waals surface area contributed by atoms with Gasteiger partial charge in [-0.1, -0.05) is 18.6 Å². The highest BCUT2D eigenvalue weighted by molar-refractivity contribution is 6.67. The minimum Gasteiger partial charge on any atom is -0.446 e. The van der Waals surface area contributed by atoms with Crippen molar-refractivity contribution in [3.05, 3.63) is 47.9 Å². The van der Waals surface area contributed by atoms with E-state index in [0.29, 0.717) is 35.0 Å². The molecule has 0 unspecified atom stereocenters. The van der Waals surface area contributed by atoms with E-state index in [1.54, 1.807) is 0 Å². The lowest BCUT2D eigenvalue weighted by atomic mass is 9.53. The van der Waals surface area contributed by atoms with Gasteiger partial charge < -0.3 is 10.8 Å². The quantitative estimate of drug-likeness (QED) is 0.676. The van der Waals surface area contributed by atoms with Crippen LogP contribution in [0.3, 0.4) is 0 Å². The van der Waals surface area contributed by atoms with Gasteiger partial charge in [-0.15, -0.1) is 0 Å². The van der Waals surface area contributed by atoms with Crippen LogP contribution in [0.5, 0.6) is 0 Å². The first-order chi connectivity index (χ1) is 11.1. The van der Waals surface area contributed by atoms with Crippen LogP contribution < -0.4 is 11.2 Å².